The van der Waals surface area contributed by atoms with Crippen LogP contribution in [0.4, 0.5) is 0 Å². The van der Waals surface area contributed by atoms with E-state index in [-0.39, 0.29) is 28.5 Å². The lowest BCUT2D eigenvalue weighted by atomic mass is 9.94. The van der Waals surface area contributed by atoms with Gasteiger partial charge in [-0.2, -0.15) is 16.5 Å². The maximum atomic E-state index is 13.3. The summed E-state index contributed by atoms with van der Waals surface area (Å²) < 4.78 is 28.4. The number of likely N-dealkylation sites (tertiary alicyclic amines) is 1. The van der Waals surface area contributed by atoms with Crippen molar-refractivity contribution in [2.24, 2.45) is 11.8 Å². The Kier molecular flexibility index (Phi) is 11.0. The molecule has 0 saturated carbocycles. The number of thioether (sulfide) groups is 1. The molecule has 196 valence electrons. The number of piperidine rings is 1. The molecule has 0 spiro atoms. The van der Waals surface area contributed by atoms with E-state index in [4.69, 9.17) is 0 Å². The first-order valence-corrected chi connectivity index (χ1v) is 14.7. The van der Waals surface area contributed by atoms with E-state index in [0.29, 0.717) is 44.5 Å². The summed E-state index contributed by atoms with van der Waals surface area (Å²) in [7, 11) is -3.88. The first-order valence-electron chi connectivity index (χ1n) is 11.8. The summed E-state index contributed by atoms with van der Waals surface area (Å²) in [5, 5.41) is 12.0. The summed E-state index contributed by atoms with van der Waals surface area (Å²) in [6.45, 7) is 6.32. The molecule has 0 radical (unpaired) electrons. The highest BCUT2D eigenvalue weighted by atomic mass is 32.2. The zero-order valence-corrected chi connectivity index (χ0v) is 22.5. The van der Waals surface area contributed by atoms with Gasteiger partial charge in [0, 0.05) is 19.0 Å². The molecule has 2 rings (SSSR count). The van der Waals surface area contributed by atoms with Crippen LogP contribution in [-0.2, 0) is 24.4 Å². The van der Waals surface area contributed by atoms with E-state index in [0.717, 1.165) is 5.56 Å². The molecule has 1 aromatic rings. The van der Waals surface area contributed by atoms with Crippen molar-refractivity contribution in [1.29, 1.82) is 0 Å². The van der Waals surface area contributed by atoms with Gasteiger partial charge in [-0.05, 0) is 62.7 Å². The van der Waals surface area contributed by atoms with Crippen LogP contribution in [0.1, 0.15) is 45.1 Å². The molecular formula is C24H37N3O6S2. The average Bonchev–Trinajstić information content (AvgIpc) is 2.80. The molecular weight excluding hydrogens is 490 g/mol. The largest absolute Gasteiger partial charge is 0.480 e. The van der Waals surface area contributed by atoms with Crippen molar-refractivity contribution in [3.63, 3.8) is 0 Å². The minimum atomic E-state index is -3.88. The second kappa shape index (κ2) is 13.3. The van der Waals surface area contributed by atoms with Crippen LogP contribution in [-0.4, -0.2) is 73.4 Å². The molecule has 1 aliphatic heterocycles. The number of rotatable bonds is 12. The van der Waals surface area contributed by atoms with Gasteiger partial charge in [-0.1, -0.05) is 31.5 Å². The summed E-state index contributed by atoms with van der Waals surface area (Å²) >= 11 is 1.52. The van der Waals surface area contributed by atoms with Crippen LogP contribution < -0.4 is 10.0 Å². The Bertz CT molecular complexity index is 973. The van der Waals surface area contributed by atoms with Crippen molar-refractivity contribution in [2.45, 2.75) is 63.4 Å². The van der Waals surface area contributed by atoms with E-state index in [9.17, 15) is 27.9 Å². The quantitative estimate of drug-likeness (QED) is 0.380. The number of benzene rings is 1. The van der Waals surface area contributed by atoms with Gasteiger partial charge in [0.15, 0.2) is 0 Å². The van der Waals surface area contributed by atoms with Crippen molar-refractivity contribution in [3.8, 4) is 0 Å². The predicted octanol–water partition coefficient (Wildman–Crippen LogP) is 2.25. The molecule has 1 aliphatic rings. The lowest BCUT2D eigenvalue weighted by Gasteiger charge is -2.34. The van der Waals surface area contributed by atoms with Gasteiger partial charge in [-0.15, -0.1) is 0 Å². The zero-order valence-electron chi connectivity index (χ0n) is 20.8. The summed E-state index contributed by atoms with van der Waals surface area (Å²) in [4.78, 5) is 39.0. The molecule has 1 heterocycles. The van der Waals surface area contributed by atoms with E-state index in [1.807, 2.05) is 27.0 Å². The number of carbonyl (C=O) groups excluding carboxylic acids is 2. The van der Waals surface area contributed by atoms with Gasteiger partial charge in [-0.25, -0.2) is 13.2 Å². The lowest BCUT2D eigenvalue weighted by Crippen LogP contribution is -2.52. The van der Waals surface area contributed by atoms with Crippen molar-refractivity contribution in [1.82, 2.24) is 14.9 Å². The number of nitrogens with one attached hydrogen (secondary N) is 2. The highest BCUT2D eigenvalue weighted by molar-refractivity contribution is 7.98. The van der Waals surface area contributed by atoms with E-state index >= 15 is 0 Å². The molecule has 11 heteroatoms. The maximum Gasteiger partial charge on any atom is 0.326 e. The molecule has 2 amide bonds. The summed E-state index contributed by atoms with van der Waals surface area (Å²) in [6.07, 6.45) is 3.36. The van der Waals surface area contributed by atoms with Crippen LogP contribution >= 0.6 is 11.8 Å². The van der Waals surface area contributed by atoms with Gasteiger partial charge in [0.25, 0.3) is 0 Å². The van der Waals surface area contributed by atoms with Crippen LogP contribution in [0.3, 0.4) is 0 Å². The smallest absolute Gasteiger partial charge is 0.326 e. The van der Waals surface area contributed by atoms with E-state index in [1.54, 1.807) is 17.0 Å². The summed E-state index contributed by atoms with van der Waals surface area (Å²) in [5.41, 5.74) is 0.935. The Labute approximate surface area is 212 Å². The first-order chi connectivity index (χ1) is 16.4. The van der Waals surface area contributed by atoms with E-state index in [2.05, 4.69) is 10.0 Å². The molecule has 2 atom stereocenters. The zero-order chi connectivity index (χ0) is 26.2. The second-order valence-corrected chi connectivity index (χ2v) is 12.1. The van der Waals surface area contributed by atoms with Crippen molar-refractivity contribution in [3.05, 3.63) is 29.8 Å². The van der Waals surface area contributed by atoms with Crippen LogP contribution in [0.15, 0.2) is 29.2 Å². The fourth-order valence-electron chi connectivity index (χ4n) is 4.01. The topological polar surface area (TPSA) is 133 Å². The molecule has 9 nitrogen and oxygen atoms in total. The van der Waals surface area contributed by atoms with E-state index in [1.165, 1.54) is 23.9 Å². The fourth-order valence-corrected chi connectivity index (χ4v) is 5.68. The van der Waals surface area contributed by atoms with Gasteiger partial charge in [0.05, 0.1) is 4.90 Å². The maximum absolute atomic E-state index is 13.3. The van der Waals surface area contributed by atoms with Crippen LogP contribution in [0.25, 0.3) is 0 Å². The predicted molar refractivity (Wildman–Crippen MR) is 137 cm³/mol. The minimum Gasteiger partial charge on any atom is -0.480 e. The second-order valence-electron chi connectivity index (χ2n) is 9.40. The number of aliphatic carboxylic acids is 1. The molecule has 0 aliphatic carbocycles. The van der Waals surface area contributed by atoms with Crippen LogP contribution in [0.2, 0.25) is 0 Å². The number of hydrogen-bond donors (Lipinski definition) is 3. The summed E-state index contributed by atoms with van der Waals surface area (Å²) in [6, 6.07) is 4.61. The third-order valence-corrected chi connectivity index (χ3v) is 8.17. The first kappa shape index (κ1) is 29.1. The molecule has 1 aromatic carbocycles. The molecule has 1 saturated heterocycles. The summed E-state index contributed by atoms with van der Waals surface area (Å²) in [5.74, 6) is -1.36. The third-order valence-electron chi connectivity index (χ3n) is 6.04. The number of carboxylic acids is 1. The highest BCUT2D eigenvalue weighted by Gasteiger charge is 2.34. The number of sulfonamides is 1. The Balaban J connectivity index is 2.02. The molecule has 35 heavy (non-hydrogen) atoms. The monoisotopic (exact) mass is 527 g/mol. The lowest BCUT2D eigenvalue weighted by molar-refractivity contribution is -0.143. The number of amides is 2. The number of nitrogens with zero attached hydrogens (tertiary/aromatic N) is 1. The average molecular weight is 528 g/mol. The number of hydrogen-bond acceptors (Lipinski definition) is 6. The Morgan fingerprint density at radius 2 is 1.71 bits per heavy atom. The van der Waals surface area contributed by atoms with Gasteiger partial charge in [0.2, 0.25) is 21.8 Å². The van der Waals surface area contributed by atoms with Gasteiger partial charge < -0.3 is 15.3 Å². The van der Waals surface area contributed by atoms with E-state index < -0.39 is 28.1 Å². The fraction of sp³-hybridized carbons (Fsp3) is 0.625. The highest BCUT2D eigenvalue weighted by Crippen LogP contribution is 2.21. The van der Waals surface area contributed by atoms with Gasteiger partial charge in [-0.3, -0.25) is 9.59 Å². The Hall–Kier alpha value is -2.11. The molecule has 3 N–H and O–H groups in total. The van der Waals surface area contributed by atoms with Crippen LogP contribution in [0, 0.1) is 18.8 Å². The Morgan fingerprint density at radius 1 is 1.11 bits per heavy atom. The van der Waals surface area contributed by atoms with Crippen molar-refractivity contribution >= 4 is 39.6 Å². The van der Waals surface area contributed by atoms with Crippen molar-refractivity contribution in [2.75, 3.05) is 25.1 Å². The molecule has 2 unspecified atom stereocenters. The molecule has 1 fully saturated rings. The number of aryl methyl sites for hydroxylation is 1. The normalized spacial score (nSPS) is 16.7. The number of carbonyl (C=O) groups is 3. The molecule has 0 bridgehead atoms. The standard InChI is InChI=1S/C24H37N3O6S2/c1-16(2)15-21(26-35(32,33)19-7-5-17(3)6-8-19)23(29)27-12-9-18(10-13-27)22(28)25-20(24(30)31)11-14-34-4/h5-8,16,18,20-21,26H,9-15H2,1-4H3,(H,25,28)(H,30,31). The van der Waals surface area contributed by atoms with Crippen LogP contribution in [0.5, 0.6) is 0 Å². The van der Waals surface area contributed by atoms with Crippen molar-refractivity contribution < 1.29 is 27.9 Å². The third kappa shape index (κ3) is 8.80. The van der Waals surface area contributed by atoms with Gasteiger partial charge in [0.1, 0.15) is 12.1 Å². The van der Waals surface area contributed by atoms with Gasteiger partial charge >= 0.3 is 5.97 Å². The number of carboxylic acid groups (broad SMARTS) is 1. The SMILES string of the molecule is CSCCC(NC(=O)C1CCN(C(=O)C(CC(C)C)NS(=O)(=O)c2ccc(C)cc2)CC1)C(=O)O. The molecule has 0 aromatic heterocycles. The Morgan fingerprint density at radius 3 is 2.23 bits per heavy atom. The minimum absolute atomic E-state index is 0.0854.